The SMILES string of the molecule is CCN1C(=O)C(CCNc2cccc(CCCN3CCCCC3)c2)SC1CC(C#N)C(=O)O. The van der Waals surface area contributed by atoms with Crippen LogP contribution >= 0.6 is 11.8 Å². The number of amides is 1. The highest BCUT2D eigenvalue weighted by atomic mass is 32.2. The lowest BCUT2D eigenvalue weighted by molar-refractivity contribution is -0.141. The first kappa shape index (κ1) is 25.4. The van der Waals surface area contributed by atoms with E-state index in [2.05, 4.69) is 34.5 Å². The molecule has 2 N–H and O–H groups in total. The molecule has 3 rings (SSSR count). The molecule has 1 aromatic carbocycles. The third-order valence-electron chi connectivity index (χ3n) is 6.51. The van der Waals surface area contributed by atoms with Crippen molar-refractivity contribution in [3.05, 3.63) is 29.8 Å². The Morgan fingerprint density at radius 3 is 2.82 bits per heavy atom. The number of aryl methyl sites for hydroxylation is 1. The Morgan fingerprint density at radius 1 is 1.33 bits per heavy atom. The van der Waals surface area contributed by atoms with Crippen molar-refractivity contribution in [3.8, 4) is 6.07 Å². The van der Waals surface area contributed by atoms with Gasteiger partial charge in [0.2, 0.25) is 5.91 Å². The summed E-state index contributed by atoms with van der Waals surface area (Å²) in [6, 6.07) is 10.4. The fourth-order valence-electron chi connectivity index (χ4n) is 4.67. The molecule has 0 aromatic heterocycles. The Balaban J connectivity index is 1.44. The number of carbonyl (C=O) groups is 2. The Hall–Kier alpha value is -2.24. The minimum absolute atomic E-state index is 0.0443. The van der Waals surface area contributed by atoms with Gasteiger partial charge in [-0.2, -0.15) is 5.26 Å². The number of thioether (sulfide) groups is 1. The van der Waals surface area contributed by atoms with Crippen LogP contribution in [-0.4, -0.2) is 70.1 Å². The molecule has 0 aliphatic carbocycles. The van der Waals surface area contributed by atoms with Crippen molar-refractivity contribution in [1.29, 1.82) is 5.26 Å². The number of nitrogens with one attached hydrogen (secondary N) is 1. The molecule has 0 bridgehead atoms. The summed E-state index contributed by atoms with van der Waals surface area (Å²) in [6.45, 7) is 6.74. The normalized spacial score (nSPS) is 22.2. The number of carbonyl (C=O) groups excluding carboxylic acids is 1. The molecule has 0 saturated carbocycles. The van der Waals surface area contributed by atoms with E-state index in [1.165, 1.54) is 62.6 Å². The van der Waals surface area contributed by atoms with Crippen LogP contribution in [0.15, 0.2) is 24.3 Å². The molecule has 7 nitrogen and oxygen atoms in total. The summed E-state index contributed by atoms with van der Waals surface area (Å²) in [5, 5.41) is 21.3. The van der Waals surface area contributed by atoms with Crippen molar-refractivity contribution in [2.75, 3.05) is 38.0 Å². The van der Waals surface area contributed by atoms with Gasteiger partial charge in [-0.25, -0.2) is 0 Å². The Labute approximate surface area is 201 Å². The van der Waals surface area contributed by atoms with Gasteiger partial charge in [0.05, 0.1) is 16.7 Å². The second-order valence-electron chi connectivity index (χ2n) is 8.88. The van der Waals surface area contributed by atoms with Gasteiger partial charge in [-0.3, -0.25) is 9.59 Å². The minimum Gasteiger partial charge on any atom is -0.480 e. The zero-order chi connectivity index (χ0) is 23.6. The zero-order valence-electron chi connectivity index (χ0n) is 19.5. The van der Waals surface area contributed by atoms with Crippen LogP contribution in [0.1, 0.15) is 51.0 Å². The molecule has 2 saturated heterocycles. The number of carboxylic acid groups (broad SMARTS) is 1. The fraction of sp³-hybridized carbons (Fsp3) is 0.640. The summed E-state index contributed by atoms with van der Waals surface area (Å²) in [5.41, 5.74) is 2.40. The predicted octanol–water partition coefficient (Wildman–Crippen LogP) is 3.81. The van der Waals surface area contributed by atoms with Gasteiger partial charge in [0.1, 0.15) is 5.92 Å². The lowest BCUT2D eigenvalue weighted by Crippen LogP contribution is -2.36. The summed E-state index contributed by atoms with van der Waals surface area (Å²) >= 11 is 1.49. The molecule has 180 valence electrons. The van der Waals surface area contributed by atoms with E-state index in [4.69, 9.17) is 5.26 Å². The lowest BCUT2D eigenvalue weighted by atomic mass is 10.1. The third-order valence-corrected chi connectivity index (χ3v) is 8.04. The van der Waals surface area contributed by atoms with Gasteiger partial charge in [0, 0.05) is 25.2 Å². The van der Waals surface area contributed by atoms with Crippen LogP contribution in [0.4, 0.5) is 5.69 Å². The monoisotopic (exact) mass is 472 g/mol. The van der Waals surface area contributed by atoms with Gasteiger partial charge in [0.25, 0.3) is 0 Å². The van der Waals surface area contributed by atoms with E-state index < -0.39 is 11.9 Å². The number of nitrogens with zero attached hydrogens (tertiary/aromatic N) is 3. The van der Waals surface area contributed by atoms with Crippen molar-refractivity contribution in [2.24, 2.45) is 5.92 Å². The van der Waals surface area contributed by atoms with Gasteiger partial charge < -0.3 is 20.2 Å². The molecule has 2 heterocycles. The smallest absolute Gasteiger partial charge is 0.321 e. The van der Waals surface area contributed by atoms with Crippen LogP contribution in [0, 0.1) is 17.2 Å². The summed E-state index contributed by atoms with van der Waals surface area (Å²) in [6.07, 6.45) is 7.10. The average Bonchev–Trinajstić information content (AvgIpc) is 3.12. The van der Waals surface area contributed by atoms with Gasteiger partial charge in [0.15, 0.2) is 0 Å². The Morgan fingerprint density at radius 2 is 2.12 bits per heavy atom. The second-order valence-corrected chi connectivity index (χ2v) is 10.3. The van der Waals surface area contributed by atoms with Crippen LogP contribution in [0.25, 0.3) is 0 Å². The van der Waals surface area contributed by atoms with E-state index >= 15 is 0 Å². The van der Waals surface area contributed by atoms with Gasteiger partial charge in [-0.1, -0.05) is 18.6 Å². The maximum Gasteiger partial charge on any atom is 0.321 e. The van der Waals surface area contributed by atoms with E-state index in [1.54, 1.807) is 4.90 Å². The Bertz CT molecular complexity index is 837. The van der Waals surface area contributed by atoms with Crippen LogP contribution in [-0.2, 0) is 16.0 Å². The van der Waals surface area contributed by atoms with Crippen molar-refractivity contribution in [3.63, 3.8) is 0 Å². The number of aliphatic carboxylic acids is 1. The molecule has 3 atom stereocenters. The molecule has 3 unspecified atom stereocenters. The molecule has 0 spiro atoms. The van der Waals surface area contributed by atoms with Crippen LogP contribution in [0.2, 0.25) is 0 Å². The largest absolute Gasteiger partial charge is 0.480 e. The number of likely N-dealkylation sites (tertiary alicyclic amines) is 1. The molecule has 1 amide bonds. The minimum atomic E-state index is -1.12. The summed E-state index contributed by atoms with van der Waals surface area (Å²) in [4.78, 5) is 28.3. The number of carboxylic acids is 1. The second kappa shape index (κ2) is 12.9. The number of rotatable bonds is 12. The van der Waals surface area contributed by atoms with Crippen molar-refractivity contribution >= 4 is 29.3 Å². The fourth-order valence-corrected chi connectivity index (χ4v) is 6.25. The van der Waals surface area contributed by atoms with Gasteiger partial charge >= 0.3 is 5.97 Å². The number of hydrogen-bond donors (Lipinski definition) is 2. The number of benzene rings is 1. The first-order valence-electron chi connectivity index (χ1n) is 12.1. The lowest BCUT2D eigenvalue weighted by Gasteiger charge is -2.26. The maximum absolute atomic E-state index is 12.8. The van der Waals surface area contributed by atoms with E-state index in [1.807, 2.05) is 13.0 Å². The third kappa shape index (κ3) is 7.38. The van der Waals surface area contributed by atoms with Gasteiger partial charge in [-0.15, -0.1) is 11.8 Å². The highest BCUT2D eigenvalue weighted by molar-refractivity contribution is 8.01. The topological polar surface area (TPSA) is 96.7 Å². The number of hydrogen-bond acceptors (Lipinski definition) is 6. The molecule has 0 radical (unpaired) electrons. The van der Waals surface area contributed by atoms with E-state index in [-0.39, 0.29) is 23.0 Å². The predicted molar refractivity (Wildman–Crippen MR) is 132 cm³/mol. The number of anilines is 1. The molecule has 33 heavy (non-hydrogen) atoms. The Kier molecular flexibility index (Phi) is 9.89. The highest BCUT2D eigenvalue weighted by Crippen LogP contribution is 2.36. The molecule has 2 fully saturated rings. The quantitative estimate of drug-likeness (QED) is 0.477. The molecular formula is C25H36N4O3S. The molecule has 1 aromatic rings. The maximum atomic E-state index is 12.8. The van der Waals surface area contributed by atoms with E-state index in [0.717, 1.165) is 12.1 Å². The molecule has 2 aliphatic heterocycles. The average molecular weight is 473 g/mol. The molecule has 8 heteroatoms. The van der Waals surface area contributed by atoms with Crippen LogP contribution in [0.5, 0.6) is 0 Å². The summed E-state index contributed by atoms with van der Waals surface area (Å²) in [5.74, 6) is -2.16. The number of piperidine rings is 1. The van der Waals surface area contributed by atoms with Crippen molar-refractivity contribution in [1.82, 2.24) is 9.80 Å². The van der Waals surface area contributed by atoms with Crippen LogP contribution in [0.3, 0.4) is 0 Å². The van der Waals surface area contributed by atoms with Crippen LogP contribution < -0.4 is 5.32 Å². The van der Waals surface area contributed by atoms with Crippen molar-refractivity contribution < 1.29 is 14.7 Å². The first-order valence-corrected chi connectivity index (χ1v) is 13.1. The molecular weight excluding hydrogens is 436 g/mol. The standard InChI is InChI=1S/C25H36N4O3S/c1-2-29-23(17-20(18-26)25(31)32)33-22(24(29)30)11-12-27-21-10-6-8-19(16-21)9-7-15-28-13-4-3-5-14-28/h6,8,10,16,20,22-23,27H,2-5,7,9,11-15,17H2,1H3,(H,31,32). The summed E-state index contributed by atoms with van der Waals surface area (Å²) < 4.78 is 0. The van der Waals surface area contributed by atoms with E-state index in [0.29, 0.717) is 19.5 Å². The van der Waals surface area contributed by atoms with Crippen molar-refractivity contribution in [2.45, 2.75) is 62.5 Å². The van der Waals surface area contributed by atoms with Gasteiger partial charge in [-0.05, 0) is 76.4 Å². The summed E-state index contributed by atoms with van der Waals surface area (Å²) in [7, 11) is 0. The number of nitriles is 1. The first-order chi connectivity index (χ1) is 16.0. The van der Waals surface area contributed by atoms with E-state index in [9.17, 15) is 14.7 Å². The zero-order valence-corrected chi connectivity index (χ0v) is 20.4. The highest BCUT2D eigenvalue weighted by Gasteiger charge is 2.40. The molecule has 2 aliphatic rings.